The Hall–Kier alpha value is -8.72. The molecule has 0 N–H and O–H groups in total. The molecule has 0 atom stereocenters. The third kappa shape index (κ3) is 5.22. The molecule has 0 saturated heterocycles. The number of hydrogen-bond donors (Lipinski definition) is 0. The smallest absolute Gasteiger partial charge is 0.0727 e. The van der Waals surface area contributed by atoms with Gasteiger partial charge in [-0.2, -0.15) is 0 Å². The highest BCUT2D eigenvalue weighted by atomic mass is 15.1. The van der Waals surface area contributed by atoms with Gasteiger partial charge >= 0.3 is 0 Å². The standard InChI is InChI=1S/C71H50N2/c1-69(2)59-27-15-17-43-29-31-45-37-51(41-63(69)67(45)65(43)59)72(47-19-7-5-8-20-47)49-33-35-55-56-36-34-50(40-62(56)71(61(55)39-49)57-25-13-11-23-53(57)54-24-12-14-26-58(54)71)73(48-21-9-6-10-22-48)52-38-46-32-30-44-18-16-28-60-66(44)68(46)64(42-52)70(60,3)4/h5-42H,1-4H3. The summed E-state index contributed by atoms with van der Waals surface area (Å²) in [4.78, 5) is 5.01. The predicted molar refractivity (Wildman–Crippen MR) is 306 cm³/mol. The number of benzene rings is 12. The number of nitrogens with zero attached hydrogens (tertiary/aromatic N) is 2. The van der Waals surface area contributed by atoms with Crippen LogP contribution in [0.2, 0.25) is 0 Å². The van der Waals surface area contributed by atoms with E-state index in [1.807, 2.05) is 0 Å². The molecule has 16 rings (SSSR count). The zero-order chi connectivity index (χ0) is 48.5. The summed E-state index contributed by atoms with van der Waals surface area (Å²) < 4.78 is 0. The second kappa shape index (κ2) is 14.2. The van der Waals surface area contributed by atoms with Crippen LogP contribution in [0.5, 0.6) is 0 Å². The van der Waals surface area contributed by atoms with E-state index in [4.69, 9.17) is 0 Å². The Morgan fingerprint density at radius 2 is 0.589 bits per heavy atom. The quantitative estimate of drug-likeness (QED) is 0.153. The molecule has 1 spiro atoms. The van der Waals surface area contributed by atoms with Gasteiger partial charge in [-0.3, -0.25) is 0 Å². The van der Waals surface area contributed by atoms with Gasteiger partial charge in [0.1, 0.15) is 0 Å². The minimum Gasteiger partial charge on any atom is -0.310 e. The van der Waals surface area contributed by atoms with Crippen molar-refractivity contribution in [1.82, 2.24) is 0 Å². The maximum atomic E-state index is 2.54. The van der Waals surface area contributed by atoms with Gasteiger partial charge in [0.15, 0.2) is 0 Å². The lowest BCUT2D eigenvalue weighted by atomic mass is 9.70. The molecule has 0 bridgehead atoms. The zero-order valence-electron chi connectivity index (χ0n) is 41.3. The highest BCUT2D eigenvalue weighted by Gasteiger charge is 2.52. The van der Waals surface area contributed by atoms with Gasteiger partial charge in [-0.1, -0.05) is 185 Å². The number of anilines is 6. The van der Waals surface area contributed by atoms with E-state index < -0.39 is 5.41 Å². The highest BCUT2D eigenvalue weighted by Crippen LogP contribution is 2.64. The normalized spacial score (nSPS) is 15.2. The monoisotopic (exact) mass is 930 g/mol. The minimum absolute atomic E-state index is 0.148. The van der Waals surface area contributed by atoms with E-state index in [0.29, 0.717) is 0 Å². The Kier molecular flexibility index (Phi) is 7.99. The van der Waals surface area contributed by atoms with Crippen molar-refractivity contribution in [3.63, 3.8) is 0 Å². The first-order valence-corrected chi connectivity index (χ1v) is 25.9. The van der Waals surface area contributed by atoms with Crippen LogP contribution in [0, 0.1) is 0 Å². The molecule has 73 heavy (non-hydrogen) atoms. The van der Waals surface area contributed by atoms with Gasteiger partial charge in [0.2, 0.25) is 0 Å². The number of para-hydroxylation sites is 2. The Balaban J connectivity index is 0.935. The van der Waals surface area contributed by atoms with Crippen molar-refractivity contribution in [1.29, 1.82) is 0 Å². The van der Waals surface area contributed by atoms with Crippen molar-refractivity contribution in [3.8, 4) is 22.3 Å². The molecule has 0 saturated carbocycles. The van der Waals surface area contributed by atoms with E-state index in [-0.39, 0.29) is 10.8 Å². The molecule has 344 valence electrons. The summed E-state index contributed by atoms with van der Waals surface area (Å²) in [5.41, 5.74) is 22.0. The van der Waals surface area contributed by atoms with E-state index in [1.165, 1.54) is 110 Å². The van der Waals surface area contributed by atoms with Crippen molar-refractivity contribution in [3.05, 3.63) is 275 Å². The fourth-order valence-corrected chi connectivity index (χ4v) is 14.5. The minimum atomic E-state index is -0.589. The lowest BCUT2D eigenvalue weighted by Crippen LogP contribution is -2.26. The third-order valence-corrected chi connectivity index (χ3v) is 17.7. The Morgan fingerprint density at radius 1 is 0.233 bits per heavy atom. The van der Waals surface area contributed by atoms with Gasteiger partial charge in [0, 0.05) is 45.0 Å². The summed E-state index contributed by atoms with van der Waals surface area (Å²) in [5.74, 6) is 0. The van der Waals surface area contributed by atoms with Crippen molar-refractivity contribution in [2.24, 2.45) is 0 Å². The Morgan fingerprint density at radius 3 is 1.04 bits per heavy atom. The molecule has 4 aliphatic rings. The van der Waals surface area contributed by atoms with Crippen molar-refractivity contribution in [2.75, 3.05) is 9.80 Å². The second-order valence-electron chi connectivity index (χ2n) is 22.0. The molecule has 0 aromatic heterocycles. The van der Waals surface area contributed by atoms with Gasteiger partial charge in [0.05, 0.1) is 5.41 Å². The summed E-state index contributed by atoms with van der Waals surface area (Å²) in [6.07, 6.45) is 0. The maximum Gasteiger partial charge on any atom is 0.0727 e. The second-order valence-corrected chi connectivity index (χ2v) is 22.0. The van der Waals surface area contributed by atoms with Crippen LogP contribution in [-0.4, -0.2) is 0 Å². The molecule has 0 fully saturated rings. The average Bonchev–Trinajstić information content (AvgIpc) is 4.07. The molecule has 4 aliphatic carbocycles. The van der Waals surface area contributed by atoms with Crippen molar-refractivity contribution >= 4 is 77.2 Å². The molecule has 12 aromatic rings. The van der Waals surface area contributed by atoms with Crippen molar-refractivity contribution in [2.45, 2.75) is 43.9 Å². The molecular weight excluding hydrogens is 881 g/mol. The van der Waals surface area contributed by atoms with Crippen LogP contribution in [0.25, 0.3) is 65.3 Å². The predicted octanol–water partition coefficient (Wildman–Crippen LogP) is 18.9. The summed E-state index contributed by atoms with van der Waals surface area (Å²) >= 11 is 0. The lowest BCUT2D eigenvalue weighted by molar-refractivity contribution is 0.662. The SMILES string of the molecule is CC1(C)c2cccc3ccc4cc(N(c5ccccc5)c5ccc6c(c5)C5(c7ccccc7-c7ccccc75)c5cc(N(c7ccccc7)c7cc8c9c(ccc%10cccc(c%109)C8(C)C)c7)ccc5-6)cc1c4c23. The van der Waals surface area contributed by atoms with E-state index in [2.05, 4.69) is 268 Å². The van der Waals surface area contributed by atoms with Crippen LogP contribution < -0.4 is 9.80 Å². The summed E-state index contributed by atoms with van der Waals surface area (Å²) in [7, 11) is 0. The Labute approximate surface area is 426 Å². The van der Waals surface area contributed by atoms with E-state index in [0.717, 1.165) is 34.1 Å². The third-order valence-electron chi connectivity index (χ3n) is 17.7. The first-order valence-electron chi connectivity index (χ1n) is 25.9. The molecule has 2 heteroatoms. The van der Waals surface area contributed by atoms with Crippen LogP contribution in [0.4, 0.5) is 34.1 Å². The van der Waals surface area contributed by atoms with Crippen LogP contribution in [-0.2, 0) is 16.2 Å². The maximum absolute atomic E-state index is 2.54. The molecule has 0 heterocycles. The van der Waals surface area contributed by atoms with Crippen LogP contribution in [0.1, 0.15) is 72.2 Å². The molecule has 0 amide bonds. The first-order chi connectivity index (χ1) is 35.7. The van der Waals surface area contributed by atoms with Gasteiger partial charge in [0.25, 0.3) is 0 Å². The fourth-order valence-electron chi connectivity index (χ4n) is 14.5. The van der Waals surface area contributed by atoms with Gasteiger partial charge < -0.3 is 9.80 Å². The first kappa shape index (κ1) is 41.0. The highest BCUT2D eigenvalue weighted by molar-refractivity contribution is 6.17. The molecule has 0 radical (unpaired) electrons. The van der Waals surface area contributed by atoms with Crippen LogP contribution in [0.3, 0.4) is 0 Å². The van der Waals surface area contributed by atoms with Crippen molar-refractivity contribution < 1.29 is 0 Å². The average molecular weight is 931 g/mol. The molecule has 12 aromatic carbocycles. The zero-order valence-corrected chi connectivity index (χ0v) is 41.3. The topological polar surface area (TPSA) is 6.48 Å². The number of hydrogen-bond acceptors (Lipinski definition) is 2. The van der Waals surface area contributed by atoms with E-state index in [1.54, 1.807) is 0 Å². The van der Waals surface area contributed by atoms with Crippen LogP contribution >= 0.6 is 0 Å². The summed E-state index contributed by atoms with van der Waals surface area (Å²) in [6, 6.07) is 87.8. The summed E-state index contributed by atoms with van der Waals surface area (Å²) in [5, 5.41) is 10.7. The Bertz CT molecular complexity index is 4100. The van der Waals surface area contributed by atoms with Gasteiger partial charge in [-0.15, -0.1) is 0 Å². The summed E-state index contributed by atoms with van der Waals surface area (Å²) in [6.45, 7) is 9.60. The number of fused-ring (bicyclic) bond motifs is 10. The molecular formula is C71H50N2. The molecule has 0 unspecified atom stereocenters. The largest absolute Gasteiger partial charge is 0.310 e. The van der Waals surface area contributed by atoms with Gasteiger partial charge in [-0.05, 0) is 183 Å². The molecule has 0 aliphatic heterocycles. The fraction of sp³-hybridized carbons (Fsp3) is 0.0986. The van der Waals surface area contributed by atoms with E-state index in [9.17, 15) is 0 Å². The van der Waals surface area contributed by atoms with E-state index >= 15 is 0 Å². The van der Waals surface area contributed by atoms with Crippen LogP contribution in [0.15, 0.2) is 231 Å². The molecule has 2 nitrogen and oxygen atoms in total. The lowest BCUT2D eigenvalue weighted by Gasteiger charge is -2.33. The number of rotatable bonds is 6. The van der Waals surface area contributed by atoms with Gasteiger partial charge in [-0.25, -0.2) is 0 Å².